The van der Waals surface area contributed by atoms with Gasteiger partial charge in [-0.1, -0.05) is 20.8 Å². The largest absolute Gasteiger partial charge is 0.385 e. The summed E-state index contributed by atoms with van der Waals surface area (Å²) >= 11 is 0. The highest BCUT2D eigenvalue weighted by atomic mass is 16.5. The van der Waals surface area contributed by atoms with Gasteiger partial charge >= 0.3 is 0 Å². The van der Waals surface area contributed by atoms with E-state index in [0.717, 1.165) is 52.4 Å². The maximum absolute atomic E-state index is 5.62. The molecule has 4 nitrogen and oxygen atoms in total. The Kier molecular flexibility index (Phi) is 7.15. The second-order valence-corrected chi connectivity index (χ2v) is 6.13. The van der Waals surface area contributed by atoms with E-state index in [1.165, 1.54) is 0 Å². The molecule has 0 amide bonds. The molecule has 1 rings (SSSR count). The minimum atomic E-state index is 0.331. The minimum absolute atomic E-state index is 0.331. The van der Waals surface area contributed by atoms with Crippen molar-refractivity contribution >= 4 is 0 Å². The van der Waals surface area contributed by atoms with E-state index in [1.54, 1.807) is 7.11 Å². The van der Waals surface area contributed by atoms with Gasteiger partial charge in [-0.15, -0.1) is 0 Å². The number of rotatable bonds is 7. The van der Waals surface area contributed by atoms with Gasteiger partial charge in [-0.25, -0.2) is 0 Å². The van der Waals surface area contributed by atoms with Gasteiger partial charge in [-0.3, -0.25) is 4.90 Å². The number of methoxy groups -OCH3 is 1. The molecule has 0 aromatic rings. The molecular formula is C14H30N2O2. The Morgan fingerprint density at radius 3 is 2.67 bits per heavy atom. The Balaban J connectivity index is 2.11. The Hall–Kier alpha value is -0.160. The van der Waals surface area contributed by atoms with Crippen LogP contribution in [-0.2, 0) is 9.47 Å². The van der Waals surface area contributed by atoms with Crippen molar-refractivity contribution in [2.45, 2.75) is 33.2 Å². The van der Waals surface area contributed by atoms with Gasteiger partial charge in [0.05, 0.1) is 6.61 Å². The van der Waals surface area contributed by atoms with Crippen LogP contribution < -0.4 is 5.32 Å². The molecule has 18 heavy (non-hydrogen) atoms. The number of nitrogens with one attached hydrogen (secondary N) is 1. The van der Waals surface area contributed by atoms with Gasteiger partial charge < -0.3 is 14.8 Å². The molecule has 1 fully saturated rings. The molecule has 0 saturated carbocycles. The van der Waals surface area contributed by atoms with E-state index in [2.05, 4.69) is 31.0 Å². The lowest BCUT2D eigenvalue weighted by Gasteiger charge is -2.40. The first-order valence-corrected chi connectivity index (χ1v) is 7.06. The summed E-state index contributed by atoms with van der Waals surface area (Å²) in [6, 6.07) is 0.583. The number of piperazine rings is 1. The summed E-state index contributed by atoms with van der Waals surface area (Å²) in [6.45, 7) is 13.7. The molecule has 0 aliphatic carbocycles. The lowest BCUT2D eigenvalue weighted by molar-refractivity contribution is 0.0657. The molecule has 1 atom stereocenters. The first-order valence-electron chi connectivity index (χ1n) is 7.06. The summed E-state index contributed by atoms with van der Waals surface area (Å²) in [7, 11) is 1.73. The van der Waals surface area contributed by atoms with Crippen LogP contribution in [-0.4, -0.2) is 64.1 Å². The molecule has 0 spiro atoms. The standard InChI is InChI=1S/C14H30N2O2/c1-14(2,3)13-12-16(7-6-15-13)8-11-18-10-5-9-17-4/h13,15H,5-12H2,1-4H3. The second-order valence-electron chi connectivity index (χ2n) is 6.13. The zero-order chi connectivity index (χ0) is 13.4. The van der Waals surface area contributed by atoms with Crippen molar-refractivity contribution in [2.24, 2.45) is 5.41 Å². The van der Waals surface area contributed by atoms with Gasteiger partial charge in [0.25, 0.3) is 0 Å². The molecule has 108 valence electrons. The number of ether oxygens (including phenoxy) is 2. The van der Waals surface area contributed by atoms with E-state index >= 15 is 0 Å². The zero-order valence-corrected chi connectivity index (χ0v) is 12.5. The van der Waals surface area contributed by atoms with Crippen LogP contribution >= 0.6 is 0 Å². The SMILES string of the molecule is COCCCOCCN1CCNC(C(C)(C)C)C1. The van der Waals surface area contributed by atoms with Crippen LogP contribution in [0, 0.1) is 5.41 Å². The highest BCUT2D eigenvalue weighted by Gasteiger charge is 2.28. The third-order valence-electron chi connectivity index (χ3n) is 3.49. The van der Waals surface area contributed by atoms with E-state index in [9.17, 15) is 0 Å². The lowest BCUT2D eigenvalue weighted by atomic mass is 9.85. The summed E-state index contributed by atoms with van der Waals surface area (Å²) < 4.78 is 10.6. The summed E-state index contributed by atoms with van der Waals surface area (Å²) in [4.78, 5) is 2.50. The Bertz CT molecular complexity index is 216. The summed E-state index contributed by atoms with van der Waals surface area (Å²) in [5.41, 5.74) is 0.331. The quantitative estimate of drug-likeness (QED) is 0.699. The fourth-order valence-electron chi connectivity index (χ4n) is 2.20. The van der Waals surface area contributed by atoms with Crippen molar-refractivity contribution in [1.29, 1.82) is 0 Å². The molecule has 1 N–H and O–H groups in total. The van der Waals surface area contributed by atoms with Crippen LogP contribution in [0.2, 0.25) is 0 Å². The second kappa shape index (κ2) is 8.10. The topological polar surface area (TPSA) is 33.7 Å². The Morgan fingerprint density at radius 1 is 1.22 bits per heavy atom. The average molecular weight is 258 g/mol. The summed E-state index contributed by atoms with van der Waals surface area (Å²) in [5.74, 6) is 0. The zero-order valence-electron chi connectivity index (χ0n) is 12.5. The first kappa shape index (κ1) is 15.9. The van der Waals surface area contributed by atoms with Gasteiger partial charge in [0.1, 0.15) is 0 Å². The number of hydrogen-bond acceptors (Lipinski definition) is 4. The monoisotopic (exact) mass is 258 g/mol. The average Bonchev–Trinajstić information content (AvgIpc) is 2.33. The molecule has 4 heteroatoms. The van der Waals surface area contributed by atoms with E-state index in [1.807, 2.05) is 0 Å². The van der Waals surface area contributed by atoms with Crippen molar-refractivity contribution in [3.8, 4) is 0 Å². The maximum Gasteiger partial charge on any atom is 0.0593 e. The van der Waals surface area contributed by atoms with Crippen LogP contribution in [0.3, 0.4) is 0 Å². The van der Waals surface area contributed by atoms with Crippen molar-refractivity contribution in [3.63, 3.8) is 0 Å². The van der Waals surface area contributed by atoms with Crippen LogP contribution in [0.25, 0.3) is 0 Å². The van der Waals surface area contributed by atoms with Gasteiger partial charge in [0.15, 0.2) is 0 Å². The van der Waals surface area contributed by atoms with E-state index in [0.29, 0.717) is 11.5 Å². The van der Waals surface area contributed by atoms with Crippen molar-refractivity contribution in [1.82, 2.24) is 10.2 Å². The molecule has 1 unspecified atom stereocenters. The van der Waals surface area contributed by atoms with Crippen LogP contribution in [0.1, 0.15) is 27.2 Å². The molecule has 1 aliphatic rings. The van der Waals surface area contributed by atoms with Gasteiger partial charge in [-0.05, 0) is 11.8 Å². The Morgan fingerprint density at radius 2 is 2.00 bits per heavy atom. The van der Waals surface area contributed by atoms with Crippen molar-refractivity contribution in [3.05, 3.63) is 0 Å². The van der Waals surface area contributed by atoms with Gasteiger partial charge in [0, 0.05) is 52.5 Å². The minimum Gasteiger partial charge on any atom is -0.385 e. The fourth-order valence-corrected chi connectivity index (χ4v) is 2.20. The van der Waals surface area contributed by atoms with E-state index < -0.39 is 0 Å². The molecule has 0 bridgehead atoms. The molecule has 0 radical (unpaired) electrons. The predicted octanol–water partition coefficient (Wildman–Crippen LogP) is 1.36. The van der Waals surface area contributed by atoms with Crippen molar-refractivity contribution < 1.29 is 9.47 Å². The lowest BCUT2D eigenvalue weighted by Crippen LogP contribution is -2.56. The van der Waals surface area contributed by atoms with Gasteiger partial charge in [-0.2, -0.15) is 0 Å². The first-order chi connectivity index (χ1) is 8.54. The number of hydrogen-bond donors (Lipinski definition) is 1. The van der Waals surface area contributed by atoms with Crippen LogP contribution in [0.4, 0.5) is 0 Å². The van der Waals surface area contributed by atoms with E-state index in [-0.39, 0.29) is 0 Å². The maximum atomic E-state index is 5.62. The predicted molar refractivity (Wildman–Crippen MR) is 75.0 cm³/mol. The number of nitrogens with zero attached hydrogens (tertiary/aromatic N) is 1. The Labute approximate surface area is 112 Å². The third-order valence-corrected chi connectivity index (χ3v) is 3.49. The highest BCUT2D eigenvalue weighted by Crippen LogP contribution is 2.21. The molecule has 1 saturated heterocycles. The molecule has 1 heterocycles. The normalized spacial score (nSPS) is 22.3. The molecule has 0 aromatic carbocycles. The molecular weight excluding hydrogens is 228 g/mol. The van der Waals surface area contributed by atoms with Crippen LogP contribution in [0.5, 0.6) is 0 Å². The summed E-state index contributed by atoms with van der Waals surface area (Å²) in [6.07, 6.45) is 0.989. The fraction of sp³-hybridized carbons (Fsp3) is 1.00. The van der Waals surface area contributed by atoms with E-state index in [4.69, 9.17) is 9.47 Å². The van der Waals surface area contributed by atoms with Crippen molar-refractivity contribution in [2.75, 3.05) is 53.1 Å². The third kappa shape index (κ3) is 6.14. The molecule has 0 aromatic heterocycles. The molecule has 1 aliphatic heterocycles. The highest BCUT2D eigenvalue weighted by molar-refractivity contribution is 4.87. The summed E-state index contributed by atoms with van der Waals surface area (Å²) in [5, 5.41) is 3.61. The smallest absolute Gasteiger partial charge is 0.0593 e. The van der Waals surface area contributed by atoms with Crippen LogP contribution in [0.15, 0.2) is 0 Å². The van der Waals surface area contributed by atoms with Gasteiger partial charge in [0.2, 0.25) is 0 Å².